The van der Waals surface area contributed by atoms with Gasteiger partial charge in [-0.15, -0.1) is 0 Å². The standard InChI is InChI=1S/C28H33ClN6O9P2/c1-2-24(36)31-20-6-3-5-19(15-20)27-23(29)18-30-28(33-27)32-21-7-4-8-22(16-21)35-11-9-34(10-12-35)13-14-44-25(37)17-26(45(38,39)40)46(41,42)43/h2-8,15-16,18,26H,1,9-14,17H2,(H,31,36)(H,30,32,33)(H2,38,39,40)(H2,41,42,43). The molecule has 4 rings (SSSR count). The second kappa shape index (κ2) is 15.3. The lowest BCUT2D eigenvalue weighted by molar-refractivity contribution is -0.144. The molecule has 0 atom stereocenters. The zero-order valence-corrected chi connectivity index (χ0v) is 26.9. The third-order valence-electron chi connectivity index (χ3n) is 6.97. The number of piperazine rings is 1. The van der Waals surface area contributed by atoms with Gasteiger partial charge < -0.3 is 39.8 Å². The summed E-state index contributed by atoms with van der Waals surface area (Å²) in [5.74, 6) is -1.11. The Hall–Kier alpha value is -3.65. The van der Waals surface area contributed by atoms with Crippen LogP contribution in [0.15, 0.2) is 67.4 Å². The highest BCUT2D eigenvalue weighted by Gasteiger charge is 2.45. The van der Waals surface area contributed by atoms with Crippen LogP contribution in [-0.2, 0) is 23.5 Å². The van der Waals surface area contributed by atoms with Gasteiger partial charge in [0.1, 0.15) is 6.61 Å². The summed E-state index contributed by atoms with van der Waals surface area (Å²) in [6.07, 6.45) is 1.59. The molecule has 0 spiro atoms. The molecule has 2 aromatic carbocycles. The summed E-state index contributed by atoms with van der Waals surface area (Å²) < 4.78 is 27.7. The number of ether oxygens (including phenoxy) is 1. The number of carbonyl (C=O) groups excluding carboxylic acids is 2. The Kier molecular flexibility index (Phi) is 11.7. The average Bonchev–Trinajstić information content (AvgIpc) is 3.00. The maximum absolute atomic E-state index is 12.0. The number of carbonyl (C=O) groups is 2. The van der Waals surface area contributed by atoms with Crippen molar-refractivity contribution in [3.05, 3.63) is 72.4 Å². The van der Waals surface area contributed by atoms with Crippen molar-refractivity contribution in [2.24, 2.45) is 0 Å². The maximum Gasteiger partial charge on any atom is 0.341 e. The van der Waals surface area contributed by atoms with Crippen LogP contribution in [-0.4, -0.2) is 91.0 Å². The summed E-state index contributed by atoms with van der Waals surface area (Å²) in [5.41, 5.74) is 3.43. The quantitative estimate of drug-likeness (QED) is 0.0860. The number of anilines is 4. The zero-order chi connectivity index (χ0) is 33.5. The Morgan fingerprint density at radius 3 is 2.37 bits per heavy atom. The average molecular weight is 695 g/mol. The van der Waals surface area contributed by atoms with Crippen LogP contribution in [0.5, 0.6) is 0 Å². The Morgan fingerprint density at radius 1 is 1.02 bits per heavy atom. The molecule has 6 N–H and O–H groups in total. The summed E-state index contributed by atoms with van der Waals surface area (Å²) in [7, 11) is -10.4. The second-order valence-electron chi connectivity index (χ2n) is 10.3. The molecule has 1 amide bonds. The number of rotatable bonds is 13. The largest absolute Gasteiger partial charge is 0.464 e. The third kappa shape index (κ3) is 9.92. The van der Waals surface area contributed by atoms with Crippen LogP contribution >= 0.6 is 26.8 Å². The van der Waals surface area contributed by atoms with Crippen molar-refractivity contribution < 1.29 is 43.0 Å². The molecule has 1 aromatic heterocycles. The van der Waals surface area contributed by atoms with Gasteiger partial charge in [-0.05, 0) is 36.4 Å². The Labute approximate surface area is 269 Å². The molecule has 0 radical (unpaired) electrons. The molecule has 0 unspecified atom stereocenters. The Balaban J connectivity index is 1.31. The highest BCUT2D eigenvalue weighted by Crippen LogP contribution is 2.61. The highest BCUT2D eigenvalue weighted by atomic mass is 35.5. The van der Waals surface area contributed by atoms with Gasteiger partial charge in [0.25, 0.3) is 0 Å². The van der Waals surface area contributed by atoms with E-state index in [-0.39, 0.29) is 12.5 Å². The molecular formula is C28H33ClN6O9P2. The van der Waals surface area contributed by atoms with Gasteiger partial charge in [-0.3, -0.25) is 23.6 Å². The van der Waals surface area contributed by atoms with Gasteiger partial charge in [0.15, 0.2) is 5.40 Å². The van der Waals surface area contributed by atoms with Crippen molar-refractivity contribution in [3.63, 3.8) is 0 Å². The lowest BCUT2D eigenvalue weighted by atomic mass is 10.1. The molecule has 0 bridgehead atoms. The van der Waals surface area contributed by atoms with Crippen LogP contribution in [0.1, 0.15) is 6.42 Å². The van der Waals surface area contributed by atoms with E-state index < -0.39 is 33.0 Å². The van der Waals surface area contributed by atoms with Crippen LogP contribution in [0.4, 0.5) is 23.0 Å². The molecule has 2 heterocycles. The smallest absolute Gasteiger partial charge is 0.341 e. The van der Waals surface area contributed by atoms with Crippen molar-refractivity contribution >= 4 is 61.7 Å². The molecule has 1 aliphatic heterocycles. The lowest BCUT2D eigenvalue weighted by Crippen LogP contribution is -2.47. The zero-order valence-electron chi connectivity index (χ0n) is 24.4. The number of aromatic nitrogens is 2. The Morgan fingerprint density at radius 2 is 1.70 bits per heavy atom. The number of nitrogens with one attached hydrogen (secondary N) is 2. The van der Waals surface area contributed by atoms with E-state index in [1.807, 2.05) is 35.2 Å². The molecular weight excluding hydrogens is 662 g/mol. The number of benzene rings is 2. The van der Waals surface area contributed by atoms with Crippen molar-refractivity contribution in [1.29, 1.82) is 0 Å². The third-order valence-corrected chi connectivity index (χ3v) is 11.0. The van der Waals surface area contributed by atoms with Crippen LogP contribution in [0, 0.1) is 0 Å². The number of nitrogens with zero attached hydrogens (tertiary/aromatic N) is 4. The van der Waals surface area contributed by atoms with Crippen LogP contribution < -0.4 is 15.5 Å². The molecule has 1 aliphatic rings. The van der Waals surface area contributed by atoms with Crippen molar-refractivity contribution in [2.75, 3.05) is 54.9 Å². The molecule has 15 nitrogen and oxygen atoms in total. The predicted molar refractivity (Wildman–Crippen MR) is 173 cm³/mol. The first kappa shape index (κ1) is 35.2. The fraction of sp³-hybridized carbons (Fsp3) is 0.286. The summed E-state index contributed by atoms with van der Waals surface area (Å²) in [4.78, 5) is 73.5. The first-order valence-corrected chi connectivity index (χ1v) is 17.6. The summed E-state index contributed by atoms with van der Waals surface area (Å²) in [6.45, 7) is 6.31. The Bertz CT molecular complexity index is 1650. The minimum atomic E-state index is -5.20. The number of amides is 1. The van der Waals surface area contributed by atoms with Crippen molar-refractivity contribution in [3.8, 4) is 11.3 Å². The van der Waals surface area contributed by atoms with Gasteiger partial charge in [0, 0.05) is 55.3 Å². The normalized spacial score (nSPS) is 14.2. The van der Waals surface area contributed by atoms with E-state index in [1.165, 1.54) is 12.3 Å². The van der Waals surface area contributed by atoms with E-state index in [1.54, 1.807) is 18.2 Å². The lowest BCUT2D eigenvalue weighted by Gasteiger charge is -2.36. The number of hydrogen-bond acceptors (Lipinski definition) is 10. The molecule has 46 heavy (non-hydrogen) atoms. The monoisotopic (exact) mass is 694 g/mol. The van der Waals surface area contributed by atoms with Crippen molar-refractivity contribution in [2.45, 2.75) is 11.8 Å². The predicted octanol–water partition coefficient (Wildman–Crippen LogP) is 3.40. The molecule has 3 aromatic rings. The van der Waals surface area contributed by atoms with Crippen LogP contribution in [0.25, 0.3) is 11.3 Å². The molecule has 1 saturated heterocycles. The molecule has 18 heteroatoms. The summed E-state index contributed by atoms with van der Waals surface area (Å²) in [5, 5.41) is 3.83. The van der Waals surface area contributed by atoms with E-state index >= 15 is 0 Å². The summed E-state index contributed by atoms with van der Waals surface area (Å²) in [6, 6.07) is 14.8. The maximum atomic E-state index is 12.0. The van der Waals surface area contributed by atoms with Gasteiger partial charge in [-0.1, -0.05) is 36.4 Å². The van der Waals surface area contributed by atoms with Gasteiger partial charge in [0.2, 0.25) is 11.9 Å². The minimum absolute atomic E-state index is 0.0931. The summed E-state index contributed by atoms with van der Waals surface area (Å²) >= 11 is 6.41. The van der Waals surface area contributed by atoms with E-state index in [9.17, 15) is 38.3 Å². The van der Waals surface area contributed by atoms with Gasteiger partial charge in [-0.25, -0.2) is 9.97 Å². The first-order chi connectivity index (χ1) is 21.7. The SMILES string of the molecule is C=CC(=O)Nc1cccc(-c2nc(Nc3cccc(N4CCN(CCOC(=O)CC(P(=O)(O)O)P(=O)(O)O)CC4)c3)ncc2Cl)c1. The van der Waals surface area contributed by atoms with Gasteiger partial charge in [-0.2, -0.15) is 0 Å². The number of halogens is 1. The van der Waals surface area contributed by atoms with E-state index in [2.05, 4.69) is 32.1 Å². The van der Waals surface area contributed by atoms with Gasteiger partial charge >= 0.3 is 21.2 Å². The van der Waals surface area contributed by atoms with Gasteiger partial charge in [0.05, 0.1) is 23.3 Å². The first-order valence-electron chi connectivity index (χ1n) is 13.9. The molecule has 0 saturated carbocycles. The van der Waals surface area contributed by atoms with E-state index in [4.69, 9.17) is 16.3 Å². The number of hydrogen-bond donors (Lipinski definition) is 6. The van der Waals surface area contributed by atoms with E-state index in [0.29, 0.717) is 60.6 Å². The molecule has 246 valence electrons. The van der Waals surface area contributed by atoms with Crippen molar-refractivity contribution in [1.82, 2.24) is 14.9 Å². The fourth-order valence-electron chi connectivity index (χ4n) is 4.64. The molecule has 1 fully saturated rings. The molecule has 0 aliphatic carbocycles. The van der Waals surface area contributed by atoms with Crippen LogP contribution in [0.3, 0.4) is 0 Å². The topological polar surface area (TPSA) is 215 Å². The van der Waals surface area contributed by atoms with E-state index in [0.717, 1.165) is 11.4 Å². The minimum Gasteiger partial charge on any atom is -0.464 e. The second-order valence-corrected chi connectivity index (χ2v) is 14.7. The highest BCUT2D eigenvalue weighted by molar-refractivity contribution is 7.70. The van der Waals surface area contributed by atoms with Crippen LogP contribution in [0.2, 0.25) is 5.02 Å². The fourth-order valence-corrected chi connectivity index (χ4v) is 7.18. The number of esters is 1.